The van der Waals surface area contributed by atoms with Crippen molar-refractivity contribution in [2.24, 2.45) is 0 Å². The molecule has 0 radical (unpaired) electrons. The van der Waals surface area contributed by atoms with Gasteiger partial charge in [-0.2, -0.15) is 0 Å². The number of carbonyl (C=O) groups is 1. The SMILES string of the molecule is CC(C)(CNC(=O)Cc1c[nH]c2ccccc12)c1ccc(F)cc1. The molecule has 3 aromatic rings. The van der Waals surface area contributed by atoms with Crippen LogP contribution in [0.1, 0.15) is 25.0 Å². The van der Waals surface area contributed by atoms with Crippen LogP contribution in [-0.4, -0.2) is 17.4 Å². The molecule has 4 heteroatoms. The van der Waals surface area contributed by atoms with Crippen LogP contribution >= 0.6 is 0 Å². The fourth-order valence-electron chi connectivity index (χ4n) is 2.84. The molecule has 0 aliphatic heterocycles. The predicted molar refractivity (Wildman–Crippen MR) is 94.4 cm³/mol. The lowest BCUT2D eigenvalue weighted by atomic mass is 9.84. The predicted octanol–water partition coefficient (Wildman–Crippen LogP) is 3.94. The van der Waals surface area contributed by atoms with Gasteiger partial charge in [-0.15, -0.1) is 0 Å². The van der Waals surface area contributed by atoms with Gasteiger partial charge in [0.15, 0.2) is 0 Å². The van der Waals surface area contributed by atoms with Crippen molar-refractivity contribution in [1.82, 2.24) is 10.3 Å². The summed E-state index contributed by atoms with van der Waals surface area (Å²) in [6, 6.07) is 14.4. The van der Waals surface area contributed by atoms with Crippen molar-refractivity contribution in [2.45, 2.75) is 25.7 Å². The molecule has 3 nitrogen and oxygen atoms in total. The molecule has 0 spiro atoms. The number of amides is 1. The average Bonchev–Trinajstić information content (AvgIpc) is 2.97. The van der Waals surface area contributed by atoms with Crippen LogP contribution in [0.5, 0.6) is 0 Å². The third-order valence-electron chi connectivity index (χ3n) is 4.38. The fraction of sp³-hybridized carbons (Fsp3) is 0.250. The Morgan fingerprint density at radius 3 is 2.58 bits per heavy atom. The highest BCUT2D eigenvalue weighted by molar-refractivity contribution is 5.88. The van der Waals surface area contributed by atoms with Gasteiger partial charge in [0.1, 0.15) is 5.82 Å². The monoisotopic (exact) mass is 324 g/mol. The molecular formula is C20H21FN2O. The molecule has 0 fully saturated rings. The Balaban J connectivity index is 1.63. The van der Waals surface area contributed by atoms with Crippen LogP contribution in [-0.2, 0) is 16.6 Å². The van der Waals surface area contributed by atoms with E-state index in [1.807, 2.05) is 44.3 Å². The van der Waals surface area contributed by atoms with Crippen LogP contribution in [0, 0.1) is 5.82 Å². The highest BCUT2D eigenvalue weighted by Crippen LogP contribution is 2.23. The van der Waals surface area contributed by atoms with Crippen molar-refractivity contribution in [3.8, 4) is 0 Å². The summed E-state index contributed by atoms with van der Waals surface area (Å²) >= 11 is 0. The minimum absolute atomic E-state index is 0.0186. The number of hydrogen-bond acceptors (Lipinski definition) is 1. The number of carbonyl (C=O) groups excluding carboxylic acids is 1. The summed E-state index contributed by atoms with van der Waals surface area (Å²) in [5.41, 5.74) is 2.76. The highest BCUT2D eigenvalue weighted by Gasteiger charge is 2.21. The van der Waals surface area contributed by atoms with E-state index in [0.717, 1.165) is 22.0 Å². The Kier molecular flexibility index (Phi) is 4.38. The summed E-state index contributed by atoms with van der Waals surface area (Å²) in [6.45, 7) is 4.57. The molecule has 0 atom stereocenters. The topological polar surface area (TPSA) is 44.9 Å². The van der Waals surface area contributed by atoms with Crippen LogP contribution in [0.25, 0.3) is 10.9 Å². The number of fused-ring (bicyclic) bond motifs is 1. The Bertz CT molecular complexity index is 849. The molecule has 1 aromatic heterocycles. The summed E-state index contributed by atoms with van der Waals surface area (Å²) in [4.78, 5) is 15.5. The zero-order chi connectivity index (χ0) is 17.2. The zero-order valence-electron chi connectivity index (χ0n) is 13.9. The van der Waals surface area contributed by atoms with Crippen LogP contribution in [0.2, 0.25) is 0 Å². The normalized spacial score (nSPS) is 11.6. The largest absolute Gasteiger partial charge is 0.361 e. The van der Waals surface area contributed by atoms with Crippen LogP contribution < -0.4 is 5.32 Å². The summed E-state index contributed by atoms with van der Waals surface area (Å²) in [7, 11) is 0. The first-order valence-corrected chi connectivity index (χ1v) is 8.03. The molecule has 2 aromatic carbocycles. The number of hydrogen-bond donors (Lipinski definition) is 2. The Morgan fingerprint density at radius 2 is 1.83 bits per heavy atom. The van der Waals surface area contributed by atoms with Crippen molar-refractivity contribution >= 4 is 16.8 Å². The zero-order valence-corrected chi connectivity index (χ0v) is 13.9. The van der Waals surface area contributed by atoms with E-state index in [9.17, 15) is 9.18 Å². The lowest BCUT2D eigenvalue weighted by Crippen LogP contribution is -2.37. The molecule has 0 saturated heterocycles. The number of H-pyrrole nitrogens is 1. The highest BCUT2D eigenvalue weighted by atomic mass is 19.1. The second kappa shape index (κ2) is 6.48. The first kappa shape index (κ1) is 16.2. The van der Waals surface area contributed by atoms with Gasteiger partial charge in [0.2, 0.25) is 5.91 Å². The molecule has 1 amide bonds. The van der Waals surface area contributed by atoms with Gasteiger partial charge in [-0.05, 0) is 29.3 Å². The van der Waals surface area contributed by atoms with Crippen LogP contribution in [0.4, 0.5) is 4.39 Å². The number of benzene rings is 2. The molecule has 24 heavy (non-hydrogen) atoms. The van der Waals surface area contributed by atoms with E-state index >= 15 is 0 Å². The first-order valence-electron chi connectivity index (χ1n) is 8.03. The van der Waals surface area contributed by atoms with E-state index in [1.54, 1.807) is 12.1 Å². The average molecular weight is 324 g/mol. The van der Waals surface area contributed by atoms with E-state index in [4.69, 9.17) is 0 Å². The van der Waals surface area contributed by atoms with E-state index in [0.29, 0.717) is 13.0 Å². The van der Waals surface area contributed by atoms with Gasteiger partial charge in [-0.1, -0.05) is 44.2 Å². The maximum Gasteiger partial charge on any atom is 0.224 e. The van der Waals surface area contributed by atoms with Crippen LogP contribution in [0.15, 0.2) is 54.7 Å². The van der Waals surface area contributed by atoms with Crippen molar-refractivity contribution in [3.63, 3.8) is 0 Å². The summed E-state index contributed by atoms with van der Waals surface area (Å²) < 4.78 is 13.1. The Labute approximate surface area is 140 Å². The van der Waals surface area contributed by atoms with E-state index in [1.165, 1.54) is 12.1 Å². The number of aromatic amines is 1. The summed E-state index contributed by atoms with van der Waals surface area (Å²) in [5, 5.41) is 4.07. The number of rotatable bonds is 5. The van der Waals surface area contributed by atoms with Crippen molar-refractivity contribution in [1.29, 1.82) is 0 Å². The van der Waals surface area contributed by atoms with E-state index in [-0.39, 0.29) is 17.1 Å². The molecule has 0 unspecified atom stereocenters. The minimum Gasteiger partial charge on any atom is -0.361 e. The van der Waals surface area contributed by atoms with Crippen molar-refractivity contribution in [2.75, 3.05) is 6.54 Å². The minimum atomic E-state index is -0.260. The number of nitrogens with one attached hydrogen (secondary N) is 2. The maximum atomic E-state index is 13.1. The lowest BCUT2D eigenvalue weighted by Gasteiger charge is -2.25. The third-order valence-corrected chi connectivity index (χ3v) is 4.38. The van der Waals surface area contributed by atoms with Crippen LogP contribution in [0.3, 0.4) is 0 Å². The first-order chi connectivity index (χ1) is 11.5. The Hall–Kier alpha value is -2.62. The molecule has 3 rings (SSSR count). The molecule has 0 saturated carbocycles. The van der Waals surface area contributed by atoms with Gasteiger partial charge in [0, 0.05) is 29.1 Å². The van der Waals surface area contributed by atoms with Gasteiger partial charge >= 0.3 is 0 Å². The van der Waals surface area contributed by atoms with Gasteiger partial charge in [-0.25, -0.2) is 4.39 Å². The molecule has 2 N–H and O–H groups in total. The van der Waals surface area contributed by atoms with Crippen molar-refractivity contribution in [3.05, 3.63) is 71.7 Å². The second-order valence-corrected chi connectivity index (χ2v) is 6.70. The quantitative estimate of drug-likeness (QED) is 0.733. The summed E-state index contributed by atoms with van der Waals surface area (Å²) in [6.07, 6.45) is 2.22. The maximum absolute atomic E-state index is 13.1. The van der Waals surface area contributed by atoms with E-state index < -0.39 is 0 Å². The summed E-state index contributed by atoms with van der Waals surface area (Å²) in [5.74, 6) is -0.270. The van der Waals surface area contributed by atoms with Gasteiger partial charge < -0.3 is 10.3 Å². The molecule has 0 bridgehead atoms. The van der Waals surface area contributed by atoms with Crippen molar-refractivity contribution < 1.29 is 9.18 Å². The molecule has 0 aliphatic rings. The smallest absolute Gasteiger partial charge is 0.224 e. The standard InChI is InChI=1S/C20H21FN2O/c1-20(2,15-7-9-16(21)10-8-15)13-23-19(24)11-14-12-22-18-6-4-3-5-17(14)18/h3-10,12,22H,11,13H2,1-2H3,(H,23,24). The Morgan fingerprint density at radius 1 is 1.12 bits per heavy atom. The van der Waals surface area contributed by atoms with Gasteiger partial charge in [-0.3, -0.25) is 4.79 Å². The van der Waals surface area contributed by atoms with E-state index in [2.05, 4.69) is 10.3 Å². The number of aromatic nitrogens is 1. The molecule has 0 aliphatic carbocycles. The molecule has 1 heterocycles. The third kappa shape index (κ3) is 3.48. The number of halogens is 1. The molecule has 124 valence electrons. The van der Waals surface area contributed by atoms with Gasteiger partial charge in [0.25, 0.3) is 0 Å². The number of para-hydroxylation sites is 1. The van der Waals surface area contributed by atoms with Gasteiger partial charge in [0.05, 0.1) is 6.42 Å². The molecular weight excluding hydrogens is 303 g/mol. The second-order valence-electron chi connectivity index (χ2n) is 6.70. The fourth-order valence-corrected chi connectivity index (χ4v) is 2.84. The lowest BCUT2D eigenvalue weighted by molar-refractivity contribution is -0.120.